The van der Waals surface area contributed by atoms with E-state index in [2.05, 4.69) is 4.72 Å². The van der Waals surface area contributed by atoms with Gasteiger partial charge in [-0.1, -0.05) is 26.2 Å². The molecule has 2 unspecified atom stereocenters. The molecule has 19 heavy (non-hydrogen) atoms. The molecular weight excluding hydrogens is 268 g/mol. The molecule has 1 rings (SSSR count). The Balaban J connectivity index is 2.67. The van der Waals surface area contributed by atoms with Gasteiger partial charge in [-0.15, -0.1) is 0 Å². The van der Waals surface area contributed by atoms with Crippen LogP contribution in [0.4, 0.5) is 0 Å². The molecule has 1 aliphatic rings. The third-order valence-corrected chi connectivity index (χ3v) is 5.22. The molecule has 6 nitrogen and oxygen atoms in total. The van der Waals surface area contributed by atoms with Crippen molar-refractivity contribution in [1.29, 1.82) is 0 Å². The molecule has 112 valence electrons. The van der Waals surface area contributed by atoms with Gasteiger partial charge in [-0.05, 0) is 19.3 Å². The third-order valence-electron chi connectivity index (χ3n) is 3.62. The minimum atomic E-state index is -3.58. The Bertz CT molecular complexity index is 397. The summed E-state index contributed by atoms with van der Waals surface area (Å²) in [4.78, 5) is 11.1. The van der Waals surface area contributed by atoms with Crippen LogP contribution in [0.5, 0.6) is 0 Å². The van der Waals surface area contributed by atoms with Gasteiger partial charge in [0.2, 0.25) is 0 Å². The Labute approximate surface area is 115 Å². The maximum absolute atomic E-state index is 12.1. The van der Waals surface area contributed by atoms with Crippen molar-refractivity contribution in [3.05, 3.63) is 0 Å². The van der Waals surface area contributed by atoms with Crippen molar-refractivity contribution >= 4 is 16.2 Å². The average molecular weight is 292 g/mol. The van der Waals surface area contributed by atoms with Crippen LogP contribution in [0.2, 0.25) is 0 Å². The first-order valence-corrected chi connectivity index (χ1v) is 8.29. The van der Waals surface area contributed by atoms with Crippen LogP contribution in [-0.4, -0.2) is 43.4 Å². The molecule has 2 N–H and O–H groups in total. The SMILES string of the molecule is CCCCN(C)S(=O)(=O)NC1CCCCC1C(=O)O. The smallest absolute Gasteiger partial charge is 0.308 e. The van der Waals surface area contributed by atoms with Gasteiger partial charge in [-0.3, -0.25) is 4.79 Å². The molecule has 1 saturated carbocycles. The molecule has 0 aromatic heterocycles. The van der Waals surface area contributed by atoms with Gasteiger partial charge in [0.1, 0.15) is 0 Å². The average Bonchev–Trinajstić information content (AvgIpc) is 2.35. The van der Waals surface area contributed by atoms with Crippen LogP contribution >= 0.6 is 0 Å². The molecular formula is C12H24N2O4S. The van der Waals surface area contributed by atoms with Gasteiger partial charge in [0.25, 0.3) is 10.2 Å². The highest BCUT2D eigenvalue weighted by atomic mass is 32.2. The summed E-state index contributed by atoms with van der Waals surface area (Å²) in [6, 6.07) is -0.486. The van der Waals surface area contributed by atoms with Crippen molar-refractivity contribution in [3.63, 3.8) is 0 Å². The Morgan fingerprint density at radius 3 is 2.58 bits per heavy atom. The van der Waals surface area contributed by atoms with E-state index < -0.39 is 28.1 Å². The number of hydrogen-bond donors (Lipinski definition) is 2. The van der Waals surface area contributed by atoms with Gasteiger partial charge in [-0.25, -0.2) is 0 Å². The van der Waals surface area contributed by atoms with E-state index in [1.54, 1.807) is 0 Å². The fourth-order valence-corrected chi connectivity index (χ4v) is 3.56. The lowest BCUT2D eigenvalue weighted by Crippen LogP contribution is -2.49. The predicted molar refractivity (Wildman–Crippen MR) is 73.0 cm³/mol. The molecule has 0 aromatic rings. The quantitative estimate of drug-likeness (QED) is 0.738. The summed E-state index contributed by atoms with van der Waals surface area (Å²) < 4.78 is 28.0. The highest BCUT2D eigenvalue weighted by Gasteiger charge is 2.34. The lowest BCUT2D eigenvalue weighted by molar-refractivity contribution is -0.143. The highest BCUT2D eigenvalue weighted by Crippen LogP contribution is 2.25. The zero-order chi connectivity index (χ0) is 14.5. The highest BCUT2D eigenvalue weighted by molar-refractivity contribution is 7.87. The number of aliphatic carboxylic acids is 1. The van der Waals surface area contributed by atoms with Gasteiger partial charge in [0.15, 0.2) is 0 Å². The summed E-state index contributed by atoms with van der Waals surface area (Å²) in [5, 5.41) is 9.14. The molecule has 1 fully saturated rings. The third kappa shape index (κ3) is 4.74. The summed E-state index contributed by atoms with van der Waals surface area (Å²) in [7, 11) is -2.05. The first kappa shape index (κ1) is 16.4. The summed E-state index contributed by atoms with van der Waals surface area (Å²) in [5.74, 6) is -1.52. The normalized spacial score (nSPS) is 24.6. The fourth-order valence-electron chi connectivity index (χ4n) is 2.35. The molecule has 0 aliphatic heterocycles. The van der Waals surface area contributed by atoms with Crippen LogP contribution in [-0.2, 0) is 15.0 Å². The number of carboxylic acid groups (broad SMARTS) is 1. The fraction of sp³-hybridized carbons (Fsp3) is 0.917. The van der Waals surface area contributed by atoms with E-state index in [1.807, 2.05) is 6.92 Å². The molecule has 0 radical (unpaired) electrons. The molecule has 0 aromatic carbocycles. The van der Waals surface area contributed by atoms with E-state index in [0.29, 0.717) is 19.4 Å². The van der Waals surface area contributed by atoms with Crippen LogP contribution in [0.3, 0.4) is 0 Å². The van der Waals surface area contributed by atoms with Crippen LogP contribution in [0.15, 0.2) is 0 Å². The maximum Gasteiger partial charge on any atom is 0.308 e. The van der Waals surface area contributed by atoms with Gasteiger partial charge in [0.05, 0.1) is 5.92 Å². The Morgan fingerprint density at radius 2 is 2.00 bits per heavy atom. The molecule has 1 aliphatic carbocycles. The maximum atomic E-state index is 12.1. The van der Waals surface area contributed by atoms with Gasteiger partial charge in [-0.2, -0.15) is 17.4 Å². The summed E-state index contributed by atoms with van der Waals surface area (Å²) in [5.41, 5.74) is 0. The van der Waals surface area contributed by atoms with E-state index >= 15 is 0 Å². The van der Waals surface area contributed by atoms with E-state index in [4.69, 9.17) is 5.11 Å². The topological polar surface area (TPSA) is 86.7 Å². The number of nitrogens with one attached hydrogen (secondary N) is 1. The zero-order valence-corrected chi connectivity index (χ0v) is 12.4. The van der Waals surface area contributed by atoms with Crippen molar-refractivity contribution in [2.45, 2.75) is 51.5 Å². The van der Waals surface area contributed by atoms with Gasteiger partial charge >= 0.3 is 5.97 Å². The molecule has 0 heterocycles. The first-order chi connectivity index (χ1) is 8.88. The van der Waals surface area contributed by atoms with E-state index in [9.17, 15) is 13.2 Å². The van der Waals surface area contributed by atoms with Crippen molar-refractivity contribution in [2.24, 2.45) is 5.92 Å². The summed E-state index contributed by atoms with van der Waals surface area (Å²) >= 11 is 0. The number of hydrogen-bond acceptors (Lipinski definition) is 3. The van der Waals surface area contributed by atoms with Crippen molar-refractivity contribution in [3.8, 4) is 0 Å². The number of carboxylic acids is 1. The number of rotatable bonds is 7. The Kier molecular flexibility index (Phi) is 6.22. The molecule has 2 atom stereocenters. The largest absolute Gasteiger partial charge is 0.481 e. The monoisotopic (exact) mass is 292 g/mol. The van der Waals surface area contributed by atoms with E-state index in [0.717, 1.165) is 25.7 Å². The first-order valence-electron chi connectivity index (χ1n) is 6.85. The number of nitrogens with zero attached hydrogens (tertiary/aromatic N) is 1. The van der Waals surface area contributed by atoms with Crippen LogP contribution in [0.1, 0.15) is 45.4 Å². The zero-order valence-electron chi connectivity index (χ0n) is 11.6. The molecule has 7 heteroatoms. The van der Waals surface area contributed by atoms with Crippen molar-refractivity contribution in [2.75, 3.05) is 13.6 Å². The van der Waals surface area contributed by atoms with Crippen molar-refractivity contribution < 1.29 is 18.3 Å². The van der Waals surface area contributed by atoms with Crippen LogP contribution < -0.4 is 4.72 Å². The summed E-state index contributed by atoms with van der Waals surface area (Å²) in [6.07, 6.45) is 4.57. The van der Waals surface area contributed by atoms with Gasteiger partial charge in [0, 0.05) is 19.6 Å². The molecule has 0 spiro atoms. The lowest BCUT2D eigenvalue weighted by atomic mass is 9.85. The minimum Gasteiger partial charge on any atom is -0.481 e. The standard InChI is InChI=1S/C12H24N2O4S/c1-3-4-9-14(2)19(17,18)13-11-8-6-5-7-10(11)12(15)16/h10-11,13H,3-9H2,1-2H3,(H,15,16). The molecule has 0 amide bonds. The minimum absolute atomic E-state index is 0.455. The second-order valence-electron chi connectivity index (χ2n) is 5.13. The van der Waals surface area contributed by atoms with E-state index in [1.165, 1.54) is 11.4 Å². The van der Waals surface area contributed by atoms with Crippen molar-refractivity contribution in [1.82, 2.24) is 9.03 Å². The van der Waals surface area contributed by atoms with Crippen LogP contribution in [0.25, 0.3) is 0 Å². The predicted octanol–water partition coefficient (Wildman–Crippen LogP) is 1.20. The summed E-state index contributed by atoms with van der Waals surface area (Å²) in [6.45, 7) is 2.45. The second-order valence-corrected chi connectivity index (χ2v) is 6.94. The Morgan fingerprint density at radius 1 is 1.37 bits per heavy atom. The lowest BCUT2D eigenvalue weighted by Gasteiger charge is -2.30. The van der Waals surface area contributed by atoms with E-state index in [-0.39, 0.29) is 0 Å². The second kappa shape index (κ2) is 7.21. The Hall–Kier alpha value is -0.660. The molecule has 0 saturated heterocycles. The van der Waals surface area contributed by atoms with Crippen LogP contribution in [0, 0.1) is 5.92 Å². The number of carbonyl (C=O) groups is 1. The van der Waals surface area contributed by atoms with Gasteiger partial charge < -0.3 is 5.11 Å². The molecule has 0 bridgehead atoms. The number of unbranched alkanes of at least 4 members (excludes halogenated alkanes) is 1.